The molecule has 1 N–H and O–H groups in total. The highest BCUT2D eigenvalue weighted by Gasteiger charge is 2.14. The highest BCUT2D eigenvalue weighted by Crippen LogP contribution is 2.06. The molecule has 0 saturated carbocycles. The number of halogens is 1. The van der Waals surface area contributed by atoms with Crippen LogP contribution < -0.4 is 5.32 Å². The van der Waals surface area contributed by atoms with E-state index in [1.165, 1.54) is 12.4 Å². The molecule has 0 spiro atoms. The maximum Gasteiger partial charge on any atom is 0.408 e. The summed E-state index contributed by atoms with van der Waals surface area (Å²) >= 11 is 5.53. The molecular formula is C12H14ClN3O2. The predicted octanol–water partition coefficient (Wildman–Crippen LogP) is 2.01. The molecule has 0 bridgehead atoms. The lowest BCUT2D eigenvalue weighted by Gasteiger charge is -2.18. The summed E-state index contributed by atoms with van der Waals surface area (Å²) in [6, 6.07) is 0. The Labute approximate surface area is 111 Å². The van der Waals surface area contributed by atoms with Crippen LogP contribution in [0.25, 0.3) is 0 Å². The second-order valence-electron chi connectivity index (χ2n) is 4.40. The molecule has 0 saturated heterocycles. The molecule has 0 aromatic carbocycles. The van der Waals surface area contributed by atoms with Gasteiger partial charge in [-0.1, -0.05) is 11.8 Å². The van der Waals surface area contributed by atoms with E-state index in [1.807, 2.05) is 0 Å². The zero-order valence-electron chi connectivity index (χ0n) is 10.5. The molecule has 18 heavy (non-hydrogen) atoms. The van der Waals surface area contributed by atoms with Crippen molar-refractivity contribution in [3.8, 4) is 11.8 Å². The fourth-order valence-corrected chi connectivity index (χ4v) is 1.05. The zero-order valence-corrected chi connectivity index (χ0v) is 11.2. The maximum absolute atomic E-state index is 11.3. The average Bonchev–Trinajstić information content (AvgIpc) is 2.24. The Morgan fingerprint density at radius 2 is 2.06 bits per heavy atom. The normalized spacial score (nSPS) is 10.2. The van der Waals surface area contributed by atoms with Gasteiger partial charge in [0.25, 0.3) is 0 Å². The molecule has 0 radical (unpaired) electrons. The maximum atomic E-state index is 11.3. The molecule has 1 amide bonds. The monoisotopic (exact) mass is 267 g/mol. The van der Waals surface area contributed by atoms with Crippen molar-refractivity contribution in [2.45, 2.75) is 26.4 Å². The van der Waals surface area contributed by atoms with Gasteiger partial charge in [0.2, 0.25) is 5.28 Å². The lowest BCUT2D eigenvalue weighted by atomic mass is 10.2. The van der Waals surface area contributed by atoms with Crippen molar-refractivity contribution in [3.63, 3.8) is 0 Å². The summed E-state index contributed by atoms with van der Waals surface area (Å²) in [6.07, 6.45) is 2.52. The van der Waals surface area contributed by atoms with Crippen LogP contribution in [0.5, 0.6) is 0 Å². The van der Waals surface area contributed by atoms with Crippen molar-refractivity contribution in [3.05, 3.63) is 23.2 Å². The molecule has 0 fully saturated rings. The van der Waals surface area contributed by atoms with Gasteiger partial charge in [0.05, 0.1) is 12.1 Å². The summed E-state index contributed by atoms with van der Waals surface area (Å²) in [6.45, 7) is 5.58. The lowest BCUT2D eigenvalue weighted by Crippen LogP contribution is -2.32. The summed E-state index contributed by atoms with van der Waals surface area (Å²) in [4.78, 5) is 18.8. The van der Waals surface area contributed by atoms with Crippen LogP contribution in [-0.4, -0.2) is 28.2 Å². The number of carbonyl (C=O) groups is 1. The first-order valence-electron chi connectivity index (χ1n) is 5.30. The van der Waals surface area contributed by atoms with Gasteiger partial charge in [-0.25, -0.2) is 14.8 Å². The minimum atomic E-state index is -0.512. The quantitative estimate of drug-likeness (QED) is 0.624. The number of rotatable bonds is 1. The number of aromatic nitrogens is 2. The van der Waals surface area contributed by atoms with Gasteiger partial charge in [-0.15, -0.1) is 0 Å². The number of carbonyl (C=O) groups excluding carboxylic acids is 1. The number of hydrogen-bond donors (Lipinski definition) is 1. The molecule has 0 unspecified atom stereocenters. The van der Waals surface area contributed by atoms with Crippen LogP contribution in [0, 0.1) is 11.8 Å². The third-order valence-corrected chi connectivity index (χ3v) is 1.77. The Morgan fingerprint density at radius 1 is 1.44 bits per heavy atom. The number of alkyl carbamates (subject to hydrolysis) is 1. The van der Waals surface area contributed by atoms with Gasteiger partial charge in [0.1, 0.15) is 5.60 Å². The molecule has 1 rings (SSSR count). The average molecular weight is 268 g/mol. The van der Waals surface area contributed by atoms with E-state index in [1.54, 1.807) is 20.8 Å². The van der Waals surface area contributed by atoms with E-state index in [0.29, 0.717) is 5.56 Å². The van der Waals surface area contributed by atoms with E-state index in [0.717, 1.165) is 0 Å². The first kappa shape index (κ1) is 14.3. The van der Waals surface area contributed by atoms with E-state index < -0.39 is 11.7 Å². The van der Waals surface area contributed by atoms with Crippen molar-refractivity contribution in [2.24, 2.45) is 0 Å². The van der Waals surface area contributed by atoms with Crippen molar-refractivity contribution in [2.75, 3.05) is 6.54 Å². The number of ether oxygens (including phenoxy) is 1. The van der Waals surface area contributed by atoms with Gasteiger partial charge < -0.3 is 10.1 Å². The van der Waals surface area contributed by atoms with Crippen LogP contribution in [0.4, 0.5) is 4.79 Å². The van der Waals surface area contributed by atoms with Crippen molar-refractivity contribution in [1.29, 1.82) is 0 Å². The van der Waals surface area contributed by atoms with Crippen LogP contribution in [-0.2, 0) is 4.74 Å². The molecule has 1 aromatic rings. The Balaban J connectivity index is 2.38. The third kappa shape index (κ3) is 6.06. The summed E-state index contributed by atoms with van der Waals surface area (Å²) in [5.74, 6) is 5.54. The molecule has 0 atom stereocenters. The van der Waals surface area contributed by atoms with Gasteiger partial charge in [0, 0.05) is 12.4 Å². The lowest BCUT2D eigenvalue weighted by molar-refractivity contribution is 0.0535. The van der Waals surface area contributed by atoms with Crippen molar-refractivity contribution < 1.29 is 9.53 Å². The summed E-state index contributed by atoms with van der Waals surface area (Å²) in [5, 5.41) is 2.69. The van der Waals surface area contributed by atoms with Crippen LogP contribution >= 0.6 is 11.6 Å². The first-order chi connectivity index (χ1) is 8.37. The molecule has 0 aliphatic rings. The van der Waals surface area contributed by atoms with Gasteiger partial charge in [-0.3, -0.25) is 0 Å². The Hall–Kier alpha value is -1.80. The van der Waals surface area contributed by atoms with E-state index in [-0.39, 0.29) is 11.8 Å². The molecule has 96 valence electrons. The smallest absolute Gasteiger partial charge is 0.408 e. The second kappa shape index (κ2) is 6.22. The molecule has 0 aliphatic heterocycles. The molecule has 6 heteroatoms. The molecule has 0 aliphatic carbocycles. The van der Waals surface area contributed by atoms with Gasteiger partial charge in [-0.2, -0.15) is 0 Å². The highest BCUT2D eigenvalue weighted by molar-refractivity contribution is 6.28. The van der Waals surface area contributed by atoms with Crippen LogP contribution in [0.2, 0.25) is 5.28 Å². The highest BCUT2D eigenvalue weighted by atomic mass is 35.5. The Morgan fingerprint density at radius 3 is 2.61 bits per heavy atom. The zero-order chi connectivity index (χ0) is 13.6. The largest absolute Gasteiger partial charge is 0.444 e. The SMILES string of the molecule is CC(C)(C)OC(=O)NCC#Cc1cnc(Cl)nc1. The van der Waals surface area contributed by atoms with Crippen molar-refractivity contribution >= 4 is 17.7 Å². The number of amides is 1. The molecule has 5 nitrogen and oxygen atoms in total. The number of nitrogens with one attached hydrogen (secondary N) is 1. The number of nitrogens with zero attached hydrogens (tertiary/aromatic N) is 2. The van der Waals surface area contributed by atoms with Gasteiger partial charge in [-0.05, 0) is 32.4 Å². The summed E-state index contributed by atoms with van der Waals surface area (Å²) < 4.78 is 5.05. The number of hydrogen-bond acceptors (Lipinski definition) is 4. The molecular weight excluding hydrogens is 254 g/mol. The second-order valence-corrected chi connectivity index (χ2v) is 4.74. The fraction of sp³-hybridized carbons (Fsp3) is 0.417. The Kier molecular flexibility index (Phi) is 4.93. The summed E-state index contributed by atoms with van der Waals surface area (Å²) in [7, 11) is 0. The van der Waals surface area contributed by atoms with E-state index in [9.17, 15) is 4.79 Å². The molecule has 1 heterocycles. The van der Waals surface area contributed by atoms with Crippen LogP contribution in [0.1, 0.15) is 26.3 Å². The first-order valence-corrected chi connectivity index (χ1v) is 5.68. The van der Waals surface area contributed by atoms with Crippen LogP contribution in [0.3, 0.4) is 0 Å². The minimum absolute atomic E-state index is 0.174. The predicted molar refractivity (Wildman–Crippen MR) is 68.2 cm³/mol. The van der Waals surface area contributed by atoms with E-state index >= 15 is 0 Å². The third-order valence-electron chi connectivity index (χ3n) is 1.57. The Bertz CT molecular complexity index is 469. The van der Waals surface area contributed by atoms with Gasteiger partial charge >= 0.3 is 6.09 Å². The van der Waals surface area contributed by atoms with Crippen LogP contribution in [0.15, 0.2) is 12.4 Å². The van der Waals surface area contributed by atoms with Gasteiger partial charge in [0.15, 0.2) is 0 Å². The summed E-state index contributed by atoms with van der Waals surface area (Å²) in [5.41, 5.74) is 0.118. The van der Waals surface area contributed by atoms with E-state index in [4.69, 9.17) is 16.3 Å². The molecule has 1 aromatic heterocycles. The fourth-order valence-electron chi connectivity index (χ4n) is 0.954. The van der Waals surface area contributed by atoms with E-state index in [2.05, 4.69) is 27.1 Å². The topological polar surface area (TPSA) is 64.1 Å². The minimum Gasteiger partial charge on any atom is -0.444 e. The standard InChI is InChI=1S/C12H14ClN3O2/c1-12(2,3)18-11(17)14-6-4-5-9-7-15-10(13)16-8-9/h7-8H,6H2,1-3H3,(H,14,17). The van der Waals surface area contributed by atoms with Crippen molar-refractivity contribution in [1.82, 2.24) is 15.3 Å².